The molecule has 232 valence electrons. The van der Waals surface area contributed by atoms with Gasteiger partial charge in [-0.1, -0.05) is 23.7 Å². The standard InChI is InChI=1S/C30H39ClFN7O4/c1-18(2)38(16-26(41)33-15-20-6-5-7-24(31)28(20)32)27(42)17-39-25-9-8-22(14-23(25)29(36-39)19(3)40)35-30(43)34-21-10-12-37(4)13-11-21/h5-9,14,18,21,26,33,41H,10-13,15-17H2,1-4H3,(H2,34,35,43). The predicted molar refractivity (Wildman–Crippen MR) is 164 cm³/mol. The Balaban J connectivity index is 1.44. The summed E-state index contributed by atoms with van der Waals surface area (Å²) in [6.45, 7) is 6.65. The predicted octanol–water partition coefficient (Wildman–Crippen LogP) is 3.59. The number of anilines is 1. The van der Waals surface area contributed by atoms with E-state index in [4.69, 9.17) is 11.6 Å². The summed E-state index contributed by atoms with van der Waals surface area (Å²) in [4.78, 5) is 42.2. The highest BCUT2D eigenvalue weighted by atomic mass is 35.5. The lowest BCUT2D eigenvalue weighted by molar-refractivity contribution is -0.135. The molecule has 0 spiro atoms. The average molecular weight is 616 g/mol. The molecule has 1 aliphatic heterocycles. The number of hydrogen-bond donors (Lipinski definition) is 4. The number of carbonyl (C=O) groups is 3. The molecule has 0 aliphatic carbocycles. The molecule has 1 atom stereocenters. The number of benzene rings is 2. The minimum Gasteiger partial charge on any atom is -0.377 e. The van der Waals surface area contributed by atoms with Gasteiger partial charge in [0.2, 0.25) is 5.91 Å². The zero-order chi connectivity index (χ0) is 31.3. The molecule has 43 heavy (non-hydrogen) atoms. The first-order valence-electron chi connectivity index (χ1n) is 14.3. The molecule has 4 N–H and O–H groups in total. The van der Waals surface area contributed by atoms with Crippen LogP contribution in [-0.4, -0.2) is 87.4 Å². The topological polar surface area (TPSA) is 132 Å². The normalized spacial score (nSPS) is 15.1. The molecule has 4 rings (SSSR count). The fourth-order valence-electron chi connectivity index (χ4n) is 5.13. The first-order chi connectivity index (χ1) is 20.4. The Morgan fingerprint density at radius 2 is 1.91 bits per heavy atom. The van der Waals surface area contributed by atoms with Gasteiger partial charge in [-0.15, -0.1) is 0 Å². The minimum absolute atomic E-state index is 0.0111. The Morgan fingerprint density at radius 1 is 1.19 bits per heavy atom. The third-order valence-electron chi connectivity index (χ3n) is 7.55. The number of urea groups is 1. The number of aromatic nitrogens is 2. The first-order valence-corrected chi connectivity index (χ1v) is 14.7. The van der Waals surface area contributed by atoms with Gasteiger partial charge in [-0.05, 0) is 71.1 Å². The van der Waals surface area contributed by atoms with Gasteiger partial charge in [0.15, 0.2) is 5.78 Å². The number of nitrogens with one attached hydrogen (secondary N) is 3. The smallest absolute Gasteiger partial charge is 0.319 e. The number of amides is 3. The van der Waals surface area contributed by atoms with Crippen LogP contribution in [0.15, 0.2) is 36.4 Å². The van der Waals surface area contributed by atoms with Gasteiger partial charge in [-0.3, -0.25) is 19.6 Å². The molecule has 1 fully saturated rings. The molecule has 1 saturated heterocycles. The molecule has 0 radical (unpaired) electrons. The fraction of sp³-hybridized carbons (Fsp3) is 0.467. The van der Waals surface area contributed by atoms with Crippen molar-refractivity contribution in [2.75, 3.05) is 32.0 Å². The molecule has 0 saturated carbocycles. The minimum atomic E-state index is -1.14. The molecule has 11 nitrogen and oxygen atoms in total. The summed E-state index contributed by atoms with van der Waals surface area (Å²) in [5, 5.41) is 24.2. The number of likely N-dealkylation sites (tertiary alicyclic amines) is 1. The zero-order valence-electron chi connectivity index (χ0n) is 24.9. The number of rotatable bonds is 11. The van der Waals surface area contributed by atoms with Crippen LogP contribution in [0.25, 0.3) is 10.9 Å². The third-order valence-corrected chi connectivity index (χ3v) is 7.85. The van der Waals surface area contributed by atoms with Crippen molar-refractivity contribution in [1.82, 2.24) is 30.2 Å². The molecule has 1 aromatic heterocycles. The highest BCUT2D eigenvalue weighted by Crippen LogP contribution is 2.24. The van der Waals surface area contributed by atoms with Crippen molar-refractivity contribution in [3.63, 3.8) is 0 Å². The maximum atomic E-state index is 14.2. The van der Waals surface area contributed by atoms with Crippen molar-refractivity contribution in [2.24, 2.45) is 0 Å². The average Bonchev–Trinajstić information content (AvgIpc) is 3.31. The Hall–Kier alpha value is -3.58. The number of carbonyl (C=O) groups excluding carboxylic acids is 3. The summed E-state index contributed by atoms with van der Waals surface area (Å²) < 4.78 is 15.7. The molecule has 1 aliphatic rings. The molecule has 2 aromatic carbocycles. The fourth-order valence-corrected chi connectivity index (χ4v) is 5.32. The van der Waals surface area contributed by atoms with Crippen LogP contribution in [0, 0.1) is 5.82 Å². The second kappa shape index (κ2) is 14.3. The van der Waals surface area contributed by atoms with E-state index < -0.39 is 12.0 Å². The third kappa shape index (κ3) is 8.29. The number of ketones is 1. The van der Waals surface area contributed by atoms with Crippen LogP contribution in [-0.2, 0) is 17.9 Å². The molecule has 1 unspecified atom stereocenters. The van der Waals surface area contributed by atoms with Gasteiger partial charge in [0, 0.05) is 42.2 Å². The summed E-state index contributed by atoms with van der Waals surface area (Å²) in [6.07, 6.45) is 0.611. The van der Waals surface area contributed by atoms with Crippen molar-refractivity contribution in [3.05, 3.63) is 58.5 Å². The highest BCUT2D eigenvalue weighted by molar-refractivity contribution is 6.30. The molecule has 2 heterocycles. The lowest BCUT2D eigenvalue weighted by Gasteiger charge is -2.29. The number of fused-ring (bicyclic) bond motifs is 1. The lowest BCUT2D eigenvalue weighted by atomic mass is 10.1. The van der Waals surface area contributed by atoms with Crippen LogP contribution in [0.3, 0.4) is 0 Å². The van der Waals surface area contributed by atoms with Gasteiger partial charge in [0.1, 0.15) is 24.3 Å². The molecule has 3 aromatic rings. The van der Waals surface area contributed by atoms with E-state index >= 15 is 0 Å². The van der Waals surface area contributed by atoms with E-state index in [1.165, 1.54) is 22.6 Å². The summed E-state index contributed by atoms with van der Waals surface area (Å²) in [6, 6.07) is 9.22. The van der Waals surface area contributed by atoms with Crippen LogP contribution in [0.4, 0.5) is 14.9 Å². The molecular weight excluding hydrogens is 577 g/mol. The number of nitrogens with zero attached hydrogens (tertiary/aromatic N) is 4. The van der Waals surface area contributed by atoms with Crippen LogP contribution in [0.1, 0.15) is 49.7 Å². The number of aliphatic hydroxyl groups is 1. The number of aliphatic hydroxyl groups excluding tert-OH is 1. The maximum Gasteiger partial charge on any atom is 0.319 e. The second-order valence-corrected chi connectivity index (χ2v) is 11.6. The summed E-state index contributed by atoms with van der Waals surface area (Å²) >= 11 is 5.84. The number of piperidine rings is 1. The van der Waals surface area contributed by atoms with Gasteiger partial charge >= 0.3 is 6.03 Å². The van der Waals surface area contributed by atoms with Gasteiger partial charge in [0.25, 0.3) is 0 Å². The quantitative estimate of drug-likeness (QED) is 0.191. The number of hydrogen-bond acceptors (Lipinski definition) is 7. The van der Waals surface area contributed by atoms with Gasteiger partial charge in [-0.25, -0.2) is 9.18 Å². The van der Waals surface area contributed by atoms with E-state index in [1.54, 1.807) is 30.3 Å². The van der Waals surface area contributed by atoms with E-state index in [9.17, 15) is 23.9 Å². The Kier molecular flexibility index (Phi) is 10.7. The molecule has 13 heteroatoms. The van der Waals surface area contributed by atoms with Gasteiger partial charge in [0.05, 0.1) is 17.1 Å². The van der Waals surface area contributed by atoms with Crippen LogP contribution in [0.5, 0.6) is 0 Å². The maximum absolute atomic E-state index is 14.2. The van der Waals surface area contributed by atoms with E-state index in [0.29, 0.717) is 22.2 Å². The van der Waals surface area contributed by atoms with Crippen molar-refractivity contribution in [2.45, 2.75) is 65.0 Å². The van der Waals surface area contributed by atoms with Crippen molar-refractivity contribution < 1.29 is 23.9 Å². The van der Waals surface area contributed by atoms with E-state index in [2.05, 4.69) is 33.0 Å². The monoisotopic (exact) mass is 615 g/mol. The Bertz CT molecular complexity index is 1470. The molecule has 0 bridgehead atoms. The Labute approximate surface area is 255 Å². The number of halogens is 2. The van der Waals surface area contributed by atoms with Crippen LogP contribution < -0.4 is 16.0 Å². The van der Waals surface area contributed by atoms with Gasteiger partial charge in [-0.2, -0.15) is 5.10 Å². The van der Waals surface area contributed by atoms with E-state index in [-0.39, 0.29) is 60.2 Å². The van der Waals surface area contributed by atoms with Gasteiger partial charge < -0.3 is 25.5 Å². The van der Waals surface area contributed by atoms with Crippen LogP contribution in [0.2, 0.25) is 5.02 Å². The summed E-state index contributed by atoms with van der Waals surface area (Å²) in [5.41, 5.74) is 1.53. The van der Waals surface area contributed by atoms with E-state index in [1.807, 2.05) is 13.8 Å². The lowest BCUT2D eigenvalue weighted by Crippen LogP contribution is -2.47. The molecular formula is C30H39ClFN7O4. The van der Waals surface area contributed by atoms with Crippen LogP contribution >= 0.6 is 11.6 Å². The van der Waals surface area contributed by atoms with Crippen molar-refractivity contribution in [1.29, 1.82) is 0 Å². The largest absolute Gasteiger partial charge is 0.377 e. The first kappa shape index (κ1) is 32.3. The van der Waals surface area contributed by atoms with E-state index in [0.717, 1.165) is 25.9 Å². The highest BCUT2D eigenvalue weighted by Gasteiger charge is 2.24. The number of Topliss-reactive ketones (excluding diaryl/α,β-unsaturated/α-hetero) is 1. The zero-order valence-corrected chi connectivity index (χ0v) is 25.6. The van der Waals surface area contributed by atoms with Crippen molar-refractivity contribution in [3.8, 4) is 0 Å². The van der Waals surface area contributed by atoms with Crippen molar-refractivity contribution >= 4 is 45.9 Å². The Morgan fingerprint density at radius 3 is 2.58 bits per heavy atom. The summed E-state index contributed by atoms with van der Waals surface area (Å²) in [7, 11) is 2.06. The molecule has 3 amide bonds. The summed E-state index contributed by atoms with van der Waals surface area (Å²) in [5.74, 6) is -1.18. The SMILES string of the molecule is CC(=O)c1nn(CC(=O)N(CC(O)NCc2cccc(Cl)c2F)C(C)C)c2ccc(NC(=O)NC3CCN(C)CC3)cc12. The second-order valence-electron chi connectivity index (χ2n) is 11.2.